The average molecular weight is 297 g/mol. The highest BCUT2D eigenvalue weighted by atomic mass is 16.4. The van der Waals surface area contributed by atoms with Crippen LogP contribution >= 0.6 is 0 Å². The lowest BCUT2D eigenvalue weighted by Crippen LogP contribution is -2.39. The summed E-state index contributed by atoms with van der Waals surface area (Å²) in [5, 5.41) is 11.8. The molecule has 0 bridgehead atoms. The predicted octanol–water partition coefficient (Wildman–Crippen LogP) is 3.57. The number of piperidine rings is 1. The summed E-state index contributed by atoms with van der Waals surface area (Å²) in [4.78, 5) is 13.4. The lowest BCUT2D eigenvalue weighted by molar-refractivity contribution is -0.143. The van der Waals surface area contributed by atoms with Crippen molar-refractivity contribution in [3.63, 3.8) is 0 Å². The van der Waals surface area contributed by atoms with Crippen LogP contribution in [0.25, 0.3) is 10.8 Å². The summed E-state index contributed by atoms with van der Waals surface area (Å²) in [7, 11) is 0. The molecule has 0 saturated carbocycles. The predicted molar refractivity (Wildman–Crippen MR) is 89.1 cm³/mol. The Kier molecular flexibility index (Phi) is 4.74. The van der Waals surface area contributed by atoms with Gasteiger partial charge in [-0.05, 0) is 55.1 Å². The molecule has 1 aliphatic rings. The Morgan fingerprint density at radius 3 is 2.86 bits per heavy atom. The first-order valence-electron chi connectivity index (χ1n) is 8.16. The number of fused-ring (bicyclic) bond motifs is 1. The maximum Gasteiger partial charge on any atom is 0.307 e. The quantitative estimate of drug-likeness (QED) is 0.917. The molecular formula is C19H23NO2. The third-order valence-corrected chi connectivity index (χ3v) is 4.66. The number of aliphatic carboxylic acids is 1. The van der Waals surface area contributed by atoms with Crippen LogP contribution in [0.4, 0.5) is 0 Å². The monoisotopic (exact) mass is 297 g/mol. The van der Waals surface area contributed by atoms with Crippen molar-refractivity contribution >= 4 is 16.7 Å². The van der Waals surface area contributed by atoms with E-state index in [2.05, 4.69) is 47.4 Å². The molecule has 22 heavy (non-hydrogen) atoms. The molecule has 3 nitrogen and oxygen atoms in total. The second-order valence-corrected chi connectivity index (χ2v) is 6.22. The van der Waals surface area contributed by atoms with Gasteiger partial charge in [-0.25, -0.2) is 0 Å². The minimum absolute atomic E-state index is 0.175. The number of carboxylic acids is 1. The second-order valence-electron chi connectivity index (χ2n) is 6.22. The maximum absolute atomic E-state index is 11.1. The SMILES string of the molecule is O=C(O)C1CCCN(CCCc2cccc3ccccc23)C1. The summed E-state index contributed by atoms with van der Waals surface area (Å²) in [6.07, 6.45) is 3.97. The number of likely N-dealkylation sites (tertiary alicyclic amines) is 1. The van der Waals surface area contributed by atoms with Crippen molar-refractivity contribution in [1.82, 2.24) is 4.90 Å². The summed E-state index contributed by atoms with van der Waals surface area (Å²) in [6, 6.07) is 15.0. The molecule has 0 spiro atoms. The third-order valence-electron chi connectivity index (χ3n) is 4.66. The fraction of sp³-hybridized carbons (Fsp3) is 0.421. The number of nitrogens with zero attached hydrogens (tertiary/aromatic N) is 1. The Morgan fingerprint density at radius 1 is 1.18 bits per heavy atom. The summed E-state index contributed by atoms with van der Waals surface area (Å²) in [6.45, 7) is 2.75. The molecule has 3 heteroatoms. The lowest BCUT2D eigenvalue weighted by atomic mass is 9.97. The Labute approximate surface area is 131 Å². The zero-order valence-corrected chi connectivity index (χ0v) is 12.9. The number of hydrogen-bond acceptors (Lipinski definition) is 2. The maximum atomic E-state index is 11.1. The van der Waals surface area contributed by atoms with Gasteiger partial charge in [-0.1, -0.05) is 42.5 Å². The Bertz CT molecular complexity index is 647. The molecule has 3 rings (SSSR count). The number of rotatable bonds is 5. The lowest BCUT2D eigenvalue weighted by Gasteiger charge is -2.30. The normalized spacial score (nSPS) is 19.4. The van der Waals surface area contributed by atoms with E-state index in [0.717, 1.165) is 38.8 Å². The highest BCUT2D eigenvalue weighted by Crippen LogP contribution is 2.21. The van der Waals surface area contributed by atoms with Gasteiger partial charge in [0.05, 0.1) is 5.92 Å². The van der Waals surface area contributed by atoms with Crippen LogP contribution < -0.4 is 0 Å². The number of benzene rings is 2. The van der Waals surface area contributed by atoms with Crippen LogP contribution in [0.3, 0.4) is 0 Å². The number of carboxylic acid groups (broad SMARTS) is 1. The first kappa shape index (κ1) is 15.0. The van der Waals surface area contributed by atoms with E-state index in [1.54, 1.807) is 0 Å². The van der Waals surface area contributed by atoms with Gasteiger partial charge in [0, 0.05) is 6.54 Å². The van der Waals surface area contributed by atoms with Crippen LogP contribution in [-0.2, 0) is 11.2 Å². The molecule has 0 amide bonds. The standard InChI is InChI=1S/C19H23NO2/c21-19(22)17-10-5-13-20(14-17)12-4-9-16-8-3-7-15-6-1-2-11-18(15)16/h1-3,6-8,11,17H,4-5,9-10,12-14H2,(H,21,22). The van der Waals surface area contributed by atoms with E-state index in [0.29, 0.717) is 6.54 Å². The minimum atomic E-state index is -0.640. The van der Waals surface area contributed by atoms with Crippen molar-refractivity contribution in [3.8, 4) is 0 Å². The first-order chi connectivity index (χ1) is 10.7. The summed E-state index contributed by atoms with van der Waals surface area (Å²) in [5.41, 5.74) is 1.39. The molecule has 116 valence electrons. The minimum Gasteiger partial charge on any atom is -0.481 e. The molecule has 1 N–H and O–H groups in total. The molecule has 1 heterocycles. The Morgan fingerprint density at radius 2 is 2.00 bits per heavy atom. The van der Waals surface area contributed by atoms with E-state index < -0.39 is 5.97 Å². The number of hydrogen-bond donors (Lipinski definition) is 1. The highest BCUT2D eigenvalue weighted by Gasteiger charge is 2.24. The molecule has 1 aliphatic heterocycles. The zero-order valence-electron chi connectivity index (χ0n) is 12.9. The van der Waals surface area contributed by atoms with Crippen molar-refractivity contribution < 1.29 is 9.90 Å². The molecular weight excluding hydrogens is 274 g/mol. The van der Waals surface area contributed by atoms with Crippen molar-refractivity contribution in [2.24, 2.45) is 5.92 Å². The van der Waals surface area contributed by atoms with Crippen molar-refractivity contribution in [2.75, 3.05) is 19.6 Å². The van der Waals surface area contributed by atoms with Gasteiger partial charge in [-0.3, -0.25) is 4.79 Å². The summed E-state index contributed by atoms with van der Waals surface area (Å²) >= 11 is 0. The van der Waals surface area contributed by atoms with Gasteiger partial charge in [-0.15, -0.1) is 0 Å². The Hall–Kier alpha value is -1.87. The number of aryl methyl sites for hydroxylation is 1. The van der Waals surface area contributed by atoms with E-state index in [1.807, 2.05) is 0 Å². The van der Waals surface area contributed by atoms with Gasteiger partial charge in [0.15, 0.2) is 0 Å². The van der Waals surface area contributed by atoms with E-state index in [-0.39, 0.29) is 5.92 Å². The van der Waals surface area contributed by atoms with Crippen LogP contribution in [0.1, 0.15) is 24.8 Å². The van der Waals surface area contributed by atoms with Crippen LogP contribution in [0, 0.1) is 5.92 Å². The molecule has 1 fully saturated rings. The van der Waals surface area contributed by atoms with E-state index in [1.165, 1.54) is 16.3 Å². The average Bonchev–Trinajstić information content (AvgIpc) is 2.55. The van der Waals surface area contributed by atoms with E-state index in [4.69, 9.17) is 5.11 Å². The van der Waals surface area contributed by atoms with Gasteiger partial charge in [0.25, 0.3) is 0 Å². The summed E-state index contributed by atoms with van der Waals surface area (Å²) in [5.74, 6) is -0.815. The topological polar surface area (TPSA) is 40.5 Å². The van der Waals surface area contributed by atoms with Crippen molar-refractivity contribution in [2.45, 2.75) is 25.7 Å². The molecule has 0 radical (unpaired) electrons. The van der Waals surface area contributed by atoms with Crippen molar-refractivity contribution in [3.05, 3.63) is 48.0 Å². The molecule has 2 aromatic rings. The third kappa shape index (κ3) is 3.47. The second kappa shape index (κ2) is 6.93. The highest BCUT2D eigenvalue weighted by molar-refractivity contribution is 5.85. The molecule has 1 unspecified atom stereocenters. The number of carbonyl (C=O) groups is 1. The fourth-order valence-corrected chi connectivity index (χ4v) is 3.46. The van der Waals surface area contributed by atoms with Crippen molar-refractivity contribution in [1.29, 1.82) is 0 Å². The smallest absolute Gasteiger partial charge is 0.307 e. The molecule has 1 atom stereocenters. The van der Waals surface area contributed by atoms with Crippen LogP contribution in [0.2, 0.25) is 0 Å². The van der Waals surface area contributed by atoms with Crippen LogP contribution in [0.5, 0.6) is 0 Å². The molecule has 2 aromatic carbocycles. The van der Waals surface area contributed by atoms with Gasteiger partial charge >= 0.3 is 5.97 Å². The summed E-state index contributed by atoms with van der Waals surface area (Å²) < 4.78 is 0. The van der Waals surface area contributed by atoms with E-state index in [9.17, 15) is 4.79 Å². The zero-order chi connectivity index (χ0) is 15.4. The van der Waals surface area contributed by atoms with Gasteiger partial charge < -0.3 is 10.0 Å². The van der Waals surface area contributed by atoms with Crippen LogP contribution in [-0.4, -0.2) is 35.6 Å². The Balaban J connectivity index is 1.57. The molecule has 0 aromatic heterocycles. The first-order valence-corrected chi connectivity index (χ1v) is 8.16. The van der Waals surface area contributed by atoms with Gasteiger partial charge in [0.2, 0.25) is 0 Å². The van der Waals surface area contributed by atoms with E-state index >= 15 is 0 Å². The van der Waals surface area contributed by atoms with Gasteiger partial charge in [0.1, 0.15) is 0 Å². The molecule has 1 saturated heterocycles. The fourth-order valence-electron chi connectivity index (χ4n) is 3.46. The molecule has 0 aliphatic carbocycles. The van der Waals surface area contributed by atoms with Gasteiger partial charge in [-0.2, -0.15) is 0 Å². The largest absolute Gasteiger partial charge is 0.481 e. The van der Waals surface area contributed by atoms with Crippen LogP contribution in [0.15, 0.2) is 42.5 Å².